The van der Waals surface area contributed by atoms with E-state index < -0.39 is 7.60 Å². The molecule has 0 amide bonds. The lowest BCUT2D eigenvalue weighted by Gasteiger charge is -2.25. The van der Waals surface area contributed by atoms with Crippen LogP contribution in [0.5, 0.6) is 0 Å². The van der Waals surface area contributed by atoms with Gasteiger partial charge in [0, 0.05) is 18.8 Å². The third-order valence-corrected chi connectivity index (χ3v) is 7.16. The summed E-state index contributed by atoms with van der Waals surface area (Å²) in [5.41, 5.74) is 1.48. The molecule has 0 aliphatic rings. The number of thiazole rings is 1. The van der Waals surface area contributed by atoms with Gasteiger partial charge >= 0.3 is 7.60 Å². The van der Waals surface area contributed by atoms with E-state index in [1.54, 1.807) is 12.1 Å². The monoisotopic (exact) mass is 514 g/mol. The van der Waals surface area contributed by atoms with E-state index in [1.165, 1.54) is 38.5 Å². The largest absolute Gasteiger partial charge is 0.371 e. The molecule has 0 spiro atoms. The molecule has 0 saturated carbocycles. The van der Waals surface area contributed by atoms with E-state index >= 15 is 0 Å². The normalized spacial score (nSPS) is 11.9. The van der Waals surface area contributed by atoms with Crippen LogP contribution in [0.1, 0.15) is 68.0 Å². The number of halogens is 1. The zero-order valence-corrected chi connectivity index (χ0v) is 21.4. The minimum Gasteiger partial charge on any atom is -0.371 e. The van der Waals surface area contributed by atoms with Crippen LogP contribution in [-0.2, 0) is 4.57 Å². The molecule has 0 unspecified atom stereocenters. The highest BCUT2D eigenvalue weighted by molar-refractivity contribution is 7.51. The van der Waals surface area contributed by atoms with Gasteiger partial charge in [0.2, 0.25) is 5.13 Å². The molecule has 33 heavy (non-hydrogen) atoms. The van der Waals surface area contributed by atoms with Crippen LogP contribution < -0.4 is 4.90 Å². The molecule has 8 nitrogen and oxygen atoms in total. The highest BCUT2D eigenvalue weighted by Gasteiger charge is 2.16. The standard InChI is InChI=1S/C22H32ClN4O4PS/c1-2-3-4-5-6-7-8-9-14-27(15-16-32(29,30)31)19-12-10-18(11-13-19)25-26-22-24-21(23)20(17-28)33-22/h10-13,17H,2-9,14-16H2,1H3,(H2,29,30,31)/b26-25+. The van der Waals surface area contributed by atoms with Gasteiger partial charge in [-0.05, 0) is 30.7 Å². The maximum Gasteiger partial charge on any atom is 0.327 e. The van der Waals surface area contributed by atoms with Crippen LogP contribution in [0.4, 0.5) is 16.5 Å². The number of rotatable bonds is 16. The van der Waals surface area contributed by atoms with Crippen molar-refractivity contribution < 1.29 is 19.1 Å². The first-order valence-corrected chi connectivity index (χ1v) is 14.2. The molecule has 2 rings (SSSR count). The molecule has 0 bridgehead atoms. The number of unbranched alkanes of at least 4 members (excludes halogenated alkanes) is 7. The highest BCUT2D eigenvalue weighted by atomic mass is 35.5. The highest BCUT2D eigenvalue weighted by Crippen LogP contribution is 2.34. The van der Waals surface area contributed by atoms with Gasteiger partial charge in [-0.15, -0.1) is 10.2 Å². The number of nitrogens with zero attached hydrogens (tertiary/aromatic N) is 4. The molecular weight excluding hydrogens is 483 g/mol. The Labute approximate surface area is 204 Å². The predicted octanol–water partition coefficient (Wildman–Crippen LogP) is 7.15. The second kappa shape index (κ2) is 14.6. The van der Waals surface area contributed by atoms with Crippen LogP contribution in [0.25, 0.3) is 0 Å². The summed E-state index contributed by atoms with van der Waals surface area (Å²) in [7, 11) is -4.08. The fourth-order valence-electron chi connectivity index (χ4n) is 3.31. The van der Waals surface area contributed by atoms with Crippen molar-refractivity contribution in [2.45, 2.75) is 58.3 Å². The molecule has 11 heteroatoms. The minimum absolute atomic E-state index is 0.112. The Morgan fingerprint density at radius 1 is 1.03 bits per heavy atom. The number of carbonyl (C=O) groups excluding carboxylic acids is 1. The first kappa shape index (κ1) is 27.6. The number of hydrogen-bond donors (Lipinski definition) is 2. The molecule has 2 N–H and O–H groups in total. The molecule has 1 aromatic carbocycles. The van der Waals surface area contributed by atoms with Gasteiger partial charge in [0.15, 0.2) is 11.4 Å². The van der Waals surface area contributed by atoms with Crippen LogP contribution >= 0.6 is 30.5 Å². The molecule has 0 aliphatic carbocycles. The van der Waals surface area contributed by atoms with E-state index in [2.05, 4.69) is 22.1 Å². The molecule has 1 heterocycles. The quantitative estimate of drug-likeness (QED) is 0.106. The summed E-state index contributed by atoms with van der Waals surface area (Å²) in [6.07, 6.45) is 10.0. The van der Waals surface area contributed by atoms with Crippen molar-refractivity contribution in [1.82, 2.24) is 4.98 Å². The average molecular weight is 515 g/mol. The molecular formula is C22H32ClN4O4PS. The first-order valence-electron chi connectivity index (χ1n) is 11.2. The lowest BCUT2D eigenvalue weighted by Crippen LogP contribution is -2.27. The van der Waals surface area contributed by atoms with Crippen LogP contribution in [0.15, 0.2) is 34.5 Å². The summed E-state index contributed by atoms with van der Waals surface area (Å²) in [6.45, 7) is 3.23. The van der Waals surface area contributed by atoms with Gasteiger partial charge in [-0.1, -0.05) is 74.8 Å². The summed E-state index contributed by atoms with van der Waals surface area (Å²) in [4.78, 5) is 35.8. The summed E-state index contributed by atoms with van der Waals surface area (Å²) >= 11 is 6.90. The first-order chi connectivity index (χ1) is 15.8. The van der Waals surface area contributed by atoms with E-state index in [4.69, 9.17) is 11.6 Å². The van der Waals surface area contributed by atoms with Crippen molar-refractivity contribution in [1.29, 1.82) is 0 Å². The van der Waals surface area contributed by atoms with Crippen molar-refractivity contribution in [2.24, 2.45) is 10.2 Å². The number of benzene rings is 1. The number of aldehydes is 1. The molecule has 0 radical (unpaired) electrons. The van der Waals surface area contributed by atoms with Crippen molar-refractivity contribution in [3.05, 3.63) is 34.3 Å². The molecule has 182 valence electrons. The molecule has 2 aromatic rings. The molecule has 0 fully saturated rings. The Hall–Kier alpha value is -1.64. The third kappa shape index (κ3) is 10.9. The van der Waals surface area contributed by atoms with Crippen LogP contribution in [-0.4, -0.2) is 40.3 Å². The number of carbonyl (C=O) groups is 1. The van der Waals surface area contributed by atoms with E-state index in [0.29, 0.717) is 22.0 Å². The van der Waals surface area contributed by atoms with E-state index in [0.717, 1.165) is 36.4 Å². The van der Waals surface area contributed by atoms with Gasteiger partial charge in [-0.3, -0.25) is 9.36 Å². The number of aromatic nitrogens is 1. The van der Waals surface area contributed by atoms with Crippen molar-refractivity contribution in [3.8, 4) is 0 Å². The zero-order chi connectivity index (χ0) is 24.1. The Bertz CT molecular complexity index is 933. The van der Waals surface area contributed by atoms with Crippen LogP contribution in [0, 0.1) is 0 Å². The second-order valence-electron chi connectivity index (χ2n) is 7.84. The summed E-state index contributed by atoms with van der Waals surface area (Å²) in [5, 5.41) is 8.55. The molecule has 0 aliphatic heterocycles. The van der Waals surface area contributed by atoms with Crippen molar-refractivity contribution >= 4 is 53.3 Å². The maximum absolute atomic E-state index is 11.4. The minimum atomic E-state index is -4.08. The van der Waals surface area contributed by atoms with Crippen LogP contribution in [0.3, 0.4) is 0 Å². The third-order valence-electron chi connectivity index (χ3n) is 5.11. The molecule has 1 aromatic heterocycles. The number of azo groups is 1. The van der Waals surface area contributed by atoms with Gasteiger partial charge < -0.3 is 14.7 Å². The maximum atomic E-state index is 11.4. The summed E-state index contributed by atoms with van der Waals surface area (Å²) in [5.74, 6) is 0. The van der Waals surface area contributed by atoms with E-state index in [9.17, 15) is 19.1 Å². The SMILES string of the molecule is CCCCCCCCCCN(CCP(=O)(O)O)c1ccc(/N=N/c2nc(Cl)c(C=O)s2)cc1. The van der Waals surface area contributed by atoms with Crippen LogP contribution in [0.2, 0.25) is 5.15 Å². The molecule has 0 atom stereocenters. The van der Waals surface area contributed by atoms with Gasteiger partial charge in [0.25, 0.3) is 0 Å². The Morgan fingerprint density at radius 3 is 2.24 bits per heavy atom. The van der Waals surface area contributed by atoms with Gasteiger partial charge in [0.05, 0.1) is 11.8 Å². The Balaban J connectivity index is 1.93. The summed E-state index contributed by atoms with van der Waals surface area (Å²) < 4.78 is 11.4. The lowest BCUT2D eigenvalue weighted by molar-refractivity contribution is 0.112. The van der Waals surface area contributed by atoms with Gasteiger partial charge in [0.1, 0.15) is 4.88 Å². The topological polar surface area (TPSA) is 115 Å². The van der Waals surface area contributed by atoms with Gasteiger partial charge in [-0.2, -0.15) is 0 Å². The van der Waals surface area contributed by atoms with E-state index in [1.807, 2.05) is 17.0 Å². The second-order valence-corrected chi connectivity index (χ2v) is 11.0. The Kier molecular flexibility index (Phi) is 12.2. The number of anilines is 1. The fraction of sp³-hybridized carbons (Fsp3) is 0.545. The van der Waals surface area contributed by atoms with Gasteiger partial charge in [-0.25, -0.2) is 4.98 Å². The number of hydrogen-bond acceptors (Lipinski definition) is 7. The lowest BCUT2D eigenvalue weighted by atomic mass is 10.1. The zero-order valence-electron chi connectivity index (χ0n) is 18.9. The van der Waals surface area contributed by atoms with Crippen molar-refractivity contribution in [2.75, 3.05) is 24.2 Å². The smallest absolute Gasteiger partial charge is 0.327 e. The molecule has 0 saturated heterocycles. The predicted molar refractivity (Wildman–Crippen MR) is 135 cm³/mol. The van der Waals surface area contributed by atoms with E-state index in [-0.39, 0.29) is 17.9 Å². The Morgan fingerprint density at radius 2 is 1.67 bits per heavy atom. The fourth-order valence-corrected chi connectivity index (χ4v) is 4.69. The average Bonchev–Trinajstić information content (AvgIpc) is 3.15. The van der Waals surface area contributed by atoms with Crippen molar-refractivity contribution in [3.63, 3.8) is 0 Å². The summed E-state index contributed by atoms with van der Waals surface area (Å²) in [6, 6.07) is 7.30.